The fourth-order valence-corrected chi connectivity index (χ4v) is 0.884. The number of carbonyl (C=O) groups excluding carboxylic acids is 1. The summed E-state index contributed by atoms with van der Waals surface area (Å²) in [5.41, 5.74) is 0.0579. The molecule has 0 bridgehead atoms. The van der Waals surface area contributed by atoms with Crippen LogP contribution in [-0.4, -0.2) is 5.91 Å². The molecule has 1 N–H and O–H groups in total. The van der Waals surface area contributed by atoms with Crippen LogP contribution in [-0.2, 0) is 4.79 Å². The predicted octanol–water partition coefficient (Wildman–Crippen LogP) is 1.05. The minimum atomic E-state index is 0.0579. The second-order valence-electron chi connectivity index (χ2n) is 3.07. The summed E-state index contributed by atoms with van der Waals surface area (Å²) in [5, 5.41) is 2.62. The van der Waals surface area contributed by atoms with Gasteiger partial charge in [-0.3, -0.25) is 4.79 Å². The predicted molar refractivity (Wildman–Crippen MR) is 35.7 cm³/mol. The van der Waals surface area contributed by atoms with Crippen molar-refractivity contribution in [1.82, 2.24) is 5.32 Å². The van der Waals surface area contributed by atoms with Crippen LogP contribution >= 0.6 is 0 Å². The number of hydrogen-bond acceptors (Lipinski definition) is 1. The first-order chi connectivity index (χ1) is 4.10. The zero-order valence-corrected chi connectivity index (χ0v) is 5.77. The van der Waals surface area contributed by atoms with Crippen LogP contribution in [0.25, 0.3) is 0 Å². The van der Waals surface area contributed by atoms with Crippen molar-refractivity contribution < 1.29 is 4.79 Å². The molecular weight excluding hydrogens is 114 g/mol. The lowest BCUT2D eigenvalue weighted by Gasteiger charge is -2.22. The molecule has 0 saturated carbocycles. The van der Waals surface area contributed by atoms with Crippen molar-refractivity contribution in [3.8, 4) is 0 Å². The highest BCUT2D eigenvalue weighted by molar-refractivity contribution is 5.78. The number of hydrogen-bond donors (Lipinski definition) is 1. The average Bonchev–Trinajstić information content (AvgIpc) is 1.60. The van der Waals surface area contributed by atoms with E-state index in [9.17, 15) is 4.79 Å². The lowest BCUT2D eigenvalue weighted by molar-refractivity contribution is -0.122. The van der Waals surface area contributed by atoms with E-state index in [0.29, 0.717) is 6.42 Å². The molecule has 0 aromatic carbocycles. The molecule has 9 heavy (non-hydrogen) atoms. The van der Waals surface area contributed by atoms with Crippen LogP contribution in [0.2, 0.25) is 0 Å². The molecule has 0 atom stereocenters. The Hall–Kier alpha value is -0.790. The monoisotopic (exact) mass is 125 g/mol. The fourth-order valence-electron chi connectivity index (χ4n) is 0.884. The third-order valence-electron chi connectivity index (χ3n) is 1.40. The highest BCUT2D eigenvalue weighted by Crippen LogP contribution is 2.23. The lowest BCUT2D eigenvalue weighted by atomic mass is 9.87. The molecule has 1 rings (SSSR count). The number of allylic oxidation sites excluding steroid dienone is 1. The Balaban J connectivity index is 2.71. The fraction of sp³-hybridized carbons (Fsp3) is 0.571. The first-order valence-electron chi connectivity index (χ1n) is 3.07. The number of rotatable bonds is 0. The molecule has 0 aromatic heterocycles. The van der Waals surface area contributed by atoms with Crippen molar-refractivity contribution >= 4 is 5.91 Å². The van der Waals surface area contributed by atoms with Gasteiger partial charge in [-0.1, -0.05) is 19.9 Å². The molecule has 1 heterocycles. The van der Waals surface area contributed by atoms with E-state index in [1.165, 1.54) is 0 Å². The summed E-state index contributed by atoms with van der Waals surface area (Å²) >= 11 is 0. The number of nitrogens with one attached hydrogen (secondary N) is 1. The summed E-state index contributed by atoms with van der Waals surface area (Å²) in [6.07, 6.45) is 4.32. The average molecular weight is 125 g/mol. The van der Waals surface area contributed by atoms with Gasteiger partial charge in [0.25, 0.3) is 0 Å². The summed E-state index contributed by atoms with van der Waals surface area (Å²) in [5.74, 6) is 0.113. The Morgan fingerprint density at radius 3 is 2.67 bits per heavy atom. The van der Waals surface area contributed by atoms with E-state index < -0.39 is 0 Å². The first kappa shape index (κ1) is 6.33. The van der Waals surface area contributed by atoms with Crippen LogP contribution in [0.3, 0.4) is 0 Å². The van der Waals surface area contributed by atoms with Crippen LogP contribution < -0.4 is 5.32 Å². The standard InChI is InChI=1S/C7H11NO/c1-7(2)3-4-8-6(9)5-7/h3-4H,5H2,1-2H3,(H,8,9). The maximum absolute atomic E-state index is 10.7. The second-order valence-corrected chi connectivity index (χ2v) is 3.07. The van der Waals surface area contributed by atoms with Crippen molar-refractivity contribution in [2.45, 2.75) is 20.3 Å². The molecule has 50 valence electrons. The van der Waals surface area contributed by atoms with Gasteiger partial charge in [0, 0.05) is 12.6 Å². The van der Waals surface area contributed by atoms with Crippen molar-refractivity contribution in [3.05, 3.63) is 12.3 Å². The SMILES string of the molecule is CC1(C)C=CNC(=O)C1. The molecule has 1 amide bonds. The van der Waals surface area contributed by atoms with E-state index in [4.69, 9.17) is 0 Å². The van der Waals surface area contributed by atoms with E-state index in [1.807, 2.05) is 19.9 Å². The molecule has 0 aliphatic carbocycles. The summed E-state index contributed by atoms with van der Waals surface area (Å²) in [7, 11) is 0. The van der Waals surface area contributed by atoms with Crippen molar-refractivity contribution in [3.63, 3.8) is 0 Å². The molecule has 2 heteroatoms. The van der Waals surface area contributed by atoms with Gasteiger partial charge in [0.05, 0.1) is 0 Å². The van der Waals surface area contributed by atoms with Crippen LogP contribution in [0.15, 0.2) is 12.3 Å². The number of amides is 1. The van der Waals surface area contributed by atoms with Gasteiger partial charge in [0.15, 0.2) is 0 Å². The summed E-state index contributed by atoms with van der Waals surface area (Å²) in [4.78, 5) is 10.7. The van der Waals surface area contributed by atoms with Crippen LogP contribution in [0.4, 0.5) is 0 Å². The zero-order chi connectivity index (χ0) is 6.91. The molecule has 1 aliphatic rings. The van der Waals surface area contributed by atoms with Gasteiger partial charge in [0.2, 0.25) is 5.91 Å². The van der Waals surface area contributed by atoms with Gasteiger partial charge < -0.3 is 5.32 Å². The molecule has 0 spiro atoms. The van der Waals surface area contributed by atoms with Gasteiger partial charge in [-0.25, -0.2) is 0 Å². The summed E-state index contributed by atoms with van der Waals surface area (Å²) < 4.78 is 0. The van der Waals surface area contributed by atoms with Gasteiger partial charge in [-0.2, -0.15) is 0 Å². The molecule has 0 radical (unpaired) electrons. The third kappa shape index (κ3) is 1.56. The molecule has 0 unspecified atom stereocenters. The van der Waals surface area contributed by atoms with Crippen LogP contribution in [0, 0.1) is 5.41 Å². The minimum Gasteiger partial charge on any atom is -0.333 e. The Morgan fingerprint density at radius 1 is 1.67 bits per heavy atom. The van der Waals surface area contributed by atoms with Crippen molar-refractivity contribution in [1.29, 1.82) is 0 Å². The van der Waals surface area contributed by atoms with E-state index in [1.54, 1.807) is 6.20 Å². The molecular formula is C7H11NO. The maximum atomic E-state index is 10.7. The quantitative estimate of drug-likeness (QED) is 0.515. The minimum absolute atomic E-state index is 0.0579. The van der Waals surface area contributed by atoms with E-state index in [2.05, 4.69) is 5.32 Å². The maximum Gasteiger partial charge on any atom is 0.224 e. The smallest absolute Gasteiger partial charge is 0.224 e. The van der Waals surface area contributed by atoms with Crippen molar-refractivity contribution in [2.24, 2.45) is 5.41 Å². The van der Waals surface area contributed by atoms with Crippen molar-refractivity contribution in [2.75, 3.05) is 0 Å². The molecule has 1 aliphatic heterocycles. The van der Waals surface area contributed by atoms with Crippen LogP contribution in [0.1, 0.15) is 20.3 Å². The largest absolute Gasteiger partial charge is 0.333 e. The van der Waals surface area contributed by atoms with E-state index in [0.717, 1.165) is 0 Å². The molecule has 0 saturated heterocycles. The summed E-state index contributed by atoms with van der Waals surface area (Å²) in [6.45, 7) is 4.09. The van der Waals surface area contributed by atoms with Gasteiger partial charge in [0.1, 0.15) is 0 Å². The zero-order valence-electron chi connectivity index (χ0n) is 5.77. The second kappa shape index (κ2) is 1.87. The Bertz CT molecular complexity index is 158. The normalized spacial score (nSPS) is 23.6. The lowest BCUT2D eigenvalue weighted by Crippen LogP contribution is -2.28. The first-order valence-corrected chi connectivity index (χ1v) is 3.07. The molecule has 2 nitrogen and oxygen atoms in total. The van der Waals surface area contributed by atoms with Gasteiger partial charge >= 0.3 is 0 Å². The Labute approximate surface area is 54.9 Å². The Kier molecular flexibility index (Phi) is 1.31. The highest BCUT2D eigenvalue weighted by atomic mass is 16.1. The van der Waals surface area contributed by atoms with Crippen LogP contribution in [0.5, 0.6) is 0 Å². The van der Waals surface area contributed by atoms with Gasteiger partial charge in [-0.05, 0) is 5.41 Å². The molecule has 0 fully saturated rings. The Morgan fingerprint density at radius 2 is 2.33 bits per heavy atom. The van der Waals surface area contributed by atoms with E-state index in [-0.39, 0.29) is 11.3 Å². The van der Waals surface area contributed by atoms with E-state index >= 15 is 0 Å². The molecule has 0 aromatic rings. The van der Waals surface area contributed by atoms with Gasteiger partial charge in [-0.15, -0.1) is 0 Å². The highest BCUT2D eigenvalue weighted by Gasteiger charge is 2.20. The topological polar surface area (TPSA) is 29.1 Å². The third-order valence-corrected chi connectivity index (χ3v) is 1.40. The number of carbonyl (C=O) groups is 1. The summed E-state index contributed by atoms with van der Waals surface area (Å²) in [6, 6.07) is 0.